The summed E-state index contributed by atoms with van der Waals surface area (Å²) in [6.45, 7) is 0. The van der Waals surface area contributed by atoms with Gasteiger partial charge in [0, 0.05) is 24.8 Å². The molecule has 7 rings (SSSR count). The third-order valence-electron chi connectivity index (χ3n) is 7.28. The first-order valence-electron chi connectivity index (χ1n) is 17.0. The number of carboxylic acids is 6. The van der Waals surface area contributed by atoms with Gasteiger partial charge in [0.15, 0.2) is 0 Å². The molecule has 18 heteroatoms. The molecule has 0 aliphatic rings. The van der Waals surface area contributed by atoms with Crippen molar-refractivity contribution >= 4 is 35.8 Å². The summed E-state index contributed by atoms with van der Waals surface area (Å²) in [7, 11) is 0. The summed E-state index contributed by atoms with van der Waals surface area (Å²) in [6, 6.07) is 37.4. The van der Waals surface area contributed by atoms with Crippen molar-refractivity contribution in [3.63, 3.8) is 0 Å². The molecule has 0 fully saturated rings. The number of aromatic nitrogens is 4. The average Bonchev–Trinajstić information content (AvgIpc) is 3.28. The molecule has 0 atom stereocenters. The van der Waals surface area contributed by atoms with Crippen LogP contribution in [0.2, 0.25) is 0 Å². The molecule has 16 nitrogen and oxygen atoms in total. The number of hydrogen-bond donors (Lipinski definition) is 2. The molecule has 0 unspecified atom stereocenters. The Morgan fingerprint density at radius 1 is 0.306 bits per heavy atom. The third kappa shape index (κ3) is 18.3. The Morgan fingerprint density at radius 3 is 0.613 bits per heavy atom. The van der Waals surface area contributed by atoms with Crippen LogP contribution in [0, 0.1) is 0 Å². The van der Waals surface area contributed by atoms with Crippen molar-refractivity contribution in [2.24, 2.45) is 0 Å². The predicted molar refractivity (Wildman–Crippen MR) is 206 cm³/mol. The van der Waals surface area contributed by atoms with Crippen LogP contribution in [-0.4, -0.2) is 66.0 Å². The first-order chi connectivity index (χ1) is 28.8. The summed E-state index contributed by atoms with van der Waals surface area (Å²) in [5, 5.41) is 57.8. The smallest absolute Gasteiger partial charge is 0.545 e. The van der Waals surface area contributed by atoms with E-state index in [1.807, 2.05) is 72.8 Å². The van der Waals surface area contributed by atoms with Gasteiger partial charge < -0.3 is 49.8 Å². The van der Waals surface area contributed by atoms with Gasteiger partial charge in [-0.05, 0) is 95.1 Å². The molecule has 7 aromatic rings. The summed E-state index contributed by atoms with van der Waals surface area (Å²) >= 11 is 0. The minimum atomic E-state index is -1.33. The Bertz CT molecular complexity index is 2060. The van der Waals surface area contributed by atoms with Crippen LogP contribution in [0.15, 0.2) is 170 Å². The van der Waals surface area contributed by atoms with Gasteiger partial charge >= 0.3 is 44.9 Å². The van der Waals surface area contributed by atoms with E-state index in [9.17, 15) is 49.2 Å². The predicted octanol–water partition coefficient (Wildman–Crippen LogP) is 2.19. The van der Waals surface area contributed by atoms with Crippen LogP contribution in [0.3, 0.4) is 0 Å². The first-order valence-corrected chi connectivity index (χ1v) is 17.0. The van der Waals surface area contributed by atoms with E-state index in [0.29, 0.717) is 0 Å². The molecule has 0 bridgehead atoms. The van der Waals surface area contributed by atoms with Gasteiger partial charge in [-0.3, -0.25) is 19.9 Å². The Labute approximate surface area is 373 Å². The van der Waals surface area contributed by atoms with Crippen molar-refractivity contribution in [1.29, 1.82) is 0 Å². The molecule has 0 amide bonds. The monoisotopic (exact) mass is 922 g/mol. The second kappa shape index (κ2) is 27.7. The number of aromatic carboxylic acids is 6. The van der Waals surface area contributed by atoms with Crippen molar-refractivity contribution in [2.75, 3.05) is 0 Å². The Morgan fingerprint density at radius 2 is 0.484 bits per heavy atom. The Hall–Kier alpha value is -7.93. The molecule has 0 aliphatic heterocycles. The Balaban J connectivity index is 0.000000384. The van der Waals surface area contributed by atoms with Crippen molar-refractivity contribution in [2.45, 2.75) is 0 Å². The number of nitrogens with zero attached hydrogens (tertiary/aromatic N) is 4. The first kappa shape index (κ1) is 52.1. The molecule has 318 valence electrons. The minimum Gasteiger partial charge on any atom is -0.545 e. The molecule has 4 aromatic heterocycles. The van der Waals surface area contributed by atoms with E-state index in [4.69, 9.17) is 10.2 Å². The zero-order valence-electron chi connectivity index (χ0n) is 31.6. The standard InChI is InChI=1S/2C10H8N2.3C8H6O4.2Ni/c2*1-3-7-11-9(5-1)10-6-2-4-8-12-10;3*9-7(10)5-1-2-6(4-3-5)8(11)12;;/h2*1-8H;3*1-4H,(H,9,10)(H,11,12);;/q;;;;;2*+2/p-4. The van der Waals surface area contributed by atoms with Gasteiger partial charge in [0.25, 0.3) is 0 Å². The molecule has 3 aromatic carbocycles. The number of benzene rings is 3. The average molecular weight is 924 g/mol. The molecule has 2 N–H and O–H groups in total. The summed E-state index contributed by atoms with van der Waals surface area (Å²) in [5.41, 5.74) is 3.60. The number of rotatable bonds is 8. The zero-order valence-corrected chi connectivity index (χ0v) is 33.5. The maximum atomic E-state index is 10.3. The maximum absolute atomic E-state index is 10.3. The number of carbonyl (C=O) groups is 6. The van der Waals surface area contributed by atoms with Crippen LogP contribution in [0.5, 0.6) is 0 Å². The van der Waals surface area contributed by atoms with Gasteiger partial charge in [0.1, 0.15) is 0 Å². The van der Waals surface area contributed by atoms with E-state index in [2.05, 4.69) is 19.9 Å². The topological polar surface area (TPSA) is 287 Å². The van der Waals surface area contributed by atoms with Crippen LogP contribution >= 0.6 is 0 Å². The minimum absolute atomic E-state index is 0. The van der Waals surface area contributed by atoms with Gasteiger partial charge in [0.05, 0.1) is 57.8 Å². The quantitative estimate of drug-likeness (QED) is 0.207. The second-order valence-corrected chi connectivity index (χ2v) is 11.4. The normalized spacial score (nSPS) is 9.16. The zero-order chi connectivity index (χ0) is 43.9. The second-order valence-electron chi connectivity index (χ2n) is 11.4. The van der Waals surface area contributed by atoms with E-state index in [1.165, 1.54) is 48.5 Å². The summed E-state index contributed by atoms with van der Waals surface area (Å²) < 4.78 is 0. The molecule has 0 saturated carbocycles. The van der Waals surface area contributed by atoms with E-state index < -0.39 is 35.8 Å². The van der Waals surface area contributed by atoms with Crippen LogP contribution in [0.4, 0.5) is 0 Å². The third-order valence-corrected chi connectivity index (χ3v) is 7.28. The summed E-state index contributed by atoms with van der Waals surface area (Å²) in [4.78, 5) is 78.2. The van der Waals surface area contributed by atoms with Crippen LogP contribution in [-0.2, 0) is 33.0 Å². The van der Waals surface area contributed by atoms with Crippen LogP contribution < -0.4 is 20.4 Å². The van der Waals surface area contributed by atoms with E-state index in [1.54, 1.807) is 24.8 Å². The maximum Gasteiger partial charge on any atom is 2.00 e. The fraction of sp³-hybridized carbons (Fsp3) is 0. The molecular formula is C44H30N4Ni2O12. The van der Waals surface area contributed by atoms with Gasteiger partial charge in [-0.2, -0.15) is 0 Å². The summed E-state index contributed by atoms with van der Waals surface area (Å²) in [5.74, 6) is -7.46. The molecular weight excluding hydrogens is 894 g/mol. The van der Waals surface area contributed by atoms with Crippen molar-refractivity contribution < 1.29 is 92.4 Å². The molecule has 0 radical (unpaired) electrons. The van der Waals surface area contributed by atoms with E-state index in [0.717, 1.165) is 47.0 Å². The van der Waals surface area contributed by atoms with Crippen LogP contribution in [0.25, 0.3) is 22.8 Å². The number of hydrogen-bond acceptors (Lipinski definition) is 14. The molecule has 0 saturated heterocycles. The fourth-order valence-corrected chi connectivity index (χ4v) is 4.30. The van der Waals surface area contributed by atoms with Crippen LogP contribution in [0.1, 0.15) is 62.1 Å². The van der Waals surface area contributed by atoms with E-state index >= 15 is 0 Å². The fourth-order valence-electron chi connectivity index (χ4n) is 4.30. The molecule has 4 heterocycles. The number of carbonyl (C=O) groups excluding carboxylic acids is 4. The van der Waals surface area contributed by atoms with Crippen molar-refractivity contribution in [3.8, 4) is 22.8 Å². The number of carboxylic acid groups (broad SMARTS) is 6. The SMILES string of the molecule is O=C([O-])c1ccc(C(=O)O)cc1.O=C([O-])c1ccc(C(=O)O)cc1.O=C([O-])c1ccc(C(=O)[O-])cc1.[Ni+2].[Ni+2].c1ccc(-c2ccccn2)nc1.c1ccc(-c2ccccn2)nc1. The largest absolute Gasteiger partial charge is 2.00 e. The van der Waals surface area contributed by atoms with Gasteiger partial charge in [0.2, 0.25) is 0 Å². The van der Waals surface area contributed by atoms with Crippen molar-refractivity contribution in [3.05, 3.63) is 204 Å². The van der Waals surface area contributed by atoms with E-state index in [-0.39, 0.29) is 66.4 Å². The molecule has 0 aliphatic carbocycles. The van der Waals surface area contributed by atoms with Gasteiger partial charge in [-0.25, -0.2) is 9.59 Å². The number of pyridine rings is 4. The molecule has 62 heavy (non-hydrogen) atoms. The van der Waals surface area contributed by atoms with Crippen molar-refractivity contribution in [1.82, 2.24) is 19.9 Å². The summed E-state index contributed by atoms with van der Waals surface area (Å²) in [6.07, 6.45) is 7.07. The molecule has 0 spiro atoms. The Kier molecular flexibility index (Phi) is 23.3. The van der Waals surface area contributed by atoms with Gasteiger partial charge in [-0.15, -0.1) is 0 Å². The van der Waals surface area contributed by atoms with Gasteiger partial charge in [-0.1, -0.05) is 72.8 Å².